The highest BCUT2D eigenvalue weighted by Gasteiger charge is 2.30. The zero-order valence-corrected chi connectivity index (χ0v) is 16.1. The number of nitrogens with one attached hydrogen (secondary N) is 1. The van der Waals surface area contributed by atoms with Gasteiger partial charge in [0.05, 0.1) is 17.0 Å². The number of aryl methyl sites for hydroxylation is 2. The van der Waals surface area contributed by atoms with Crippen LogP contribution in [-0.4, -0.2) is 25.8 Å². The van der Waals surface area contributed by atoms with Crippen molar-refractivity contribution in [1.82, 2.24) is 14.9 Å². The zero-order chi connectivity index (χ0) is 22.2. The molecule has 0 spiro atoms. The SMILES string of the molecule is Cc1nn(Cc2c(C(=O)Nc3ccc(C(F)(F)F)cc3)noc2C)c(C)c1[N+](=O)[O-]. The summed E-state index contributed by atoms with van der Waals surface area (Å²) in [7, 11) is 0. The zero-order valence-electron chi connectivity index (χ0n) is 16.1. The predicted octanol–water partition coefficient (Wildman–Crippen LogP) is 4.02. The van der Waals surface area contributed by atoms with Gasteiger partial charge in [-0.05, 0) is 45.0 Å². The van der Waals surface area contributed by atoms with Crippen LogP contribution in [-0.2, 0) is 12.7 Å². The van der Waals surface area contributed by atoms with E-state index >= 15 is 0 Å². The van der Waals surface area contributed by atoms with Crippen molar-refractivity contribution >= 4 is 17.3 Å². The largest absolute Gasteiger partial charge is 0.416 e. The van der Waals surface area contributed by atoms with E-state index in [1.165, 1.54) is 18.5 Å². The lowest BCUT2D eigenvalue weighted by atomic mass is 10.1. The van der Waals surface area contributed by atoms with E-state index < -0.39 is 22.6 Å². The lowest BCUT2D eigenvalue weighted by Gasteiger charge is -2.09. The van der Waals surface area contributed by atoms with Gasteiger partial charge < -0.3 is 9.84 Å². The fourth-order valence-corrected chi connectivity index (χ4v) is 2.94. The van der Waals surface area contributed by atoms with E-state index in [-0.39, 0.29) is 29.3 Å². The number of carbonyl (C=O) groups is 1. The van der Waals surface area contributed by atoms with Crippen LogP contribution < -0.4 is 5.32 Å². The summed E-state index contributed by atoms with van der Waals surface area (Å²) in [6.45, 7) is 4.59. The number of anilines is 1. The standard InChI is InChI=1S/C18H16F3N5O4/c1-9-16(26(28)29)10(2)25(23-9)8-14-11(3)30-24-15(14)17(27)22-13-6-4-12(5-7-13)18(19,20)21/h4-7H,8H2,1-3H3,(H,22,27). The number of amides is 1. The van der Waals surface area contributed by atoms with Crippen LogP contribution in [0.4, 0.5) is 24.5 Å². The molecular formula is C18H16F3N5O4. The summed E-state index contributed by atoms with van der Waals surface area (Å²) < 4.78 is 44.4. The van der Waals surface area contributed by atoms with E-state index in [0.29, 0.717) is 17.0 Å². The van der Waals surface area contributed by atoms with Crippen molar-refractivity contribution in [3.05, 3.63) is 68.3 Å². The Kier molecular flexibility index (Phi) is 5.33. The minimum Gasteiger partial charge on any atom is -0.361 e. The van der Waals surface area contributed by atoms with Crippen LogP contribution in [0.3, 0.4) is 0 Å². The molecule has 3 rings (SSSR count). The van der Waals surface area contributed by atoms with Crippen molar-refractivity contribution in [2.75, 3.05) is 5.32 Å². The van der Waals surface area contributed by atoms with Gasteiger partial charge in [-0.15, -0.1) is 0 Å². The van der Waals surface area contributed by atoms with Crippen LogP contribution in [0.15, 0.2) is 28.8 Å². The molecule has 1 aromatic carbocycles. The highest BCUT2D eigenvalue weighted by Crippen LogP contribution is 2.30. The molecule has 0 fully saturated rings. The summed E-state index contributed by atoms with van der Waals surface area (Å²) in [6, 6.07) is 3.94. The van der Waals surface area contributed by atoms with Crippen LogP contribution in [0.2, 0.25) is 0 Å². The molecule has 0 radical (unpaired) electrons. The Balaban J connectivity index is 1.85. The van der Waals surface area contributed by atoms with E-state index in [9.17, 15) is 28.1 Å². The van der Waals surface area contributed by atoms with E-state index in [2.05, 4.69) is 15.6 Å². The molecule has 0 saturated carbocycles. The molecule has 12 heteroatoms. The summed E-state index contributed by atoms with van der Waals surface area (Å²) >= 11 is 0. The monoisotopic (exact) mass is 423 g/mol. The van der Waals surface area contributed by atoms with Crippen LogP contribution >= 0.6 is 0 Å². The number of carbonyl (C=O) groups excluding carboxylic acids is 1. The van der Waals surface area contributed by atoms with Crippen molar-refractivity contribution in [3.63, 3.8) is 0 Å². The molecule has 0 aliphatic rings. The average Bonchev–Trinajstić information content (AvgIpc) is 3.14. The van der Waals surface area contributed by atoms with Gasteiger partial charge in [-0.25, -0.2) is 0 Å². The van der Waals surface area contributed by atoms with E-state index in [0.717, 1.165) is 24.3 Å². The Bertz CT molecular complexity index is 1120. The third kappa shape index (κ3) is 4.02. The maximum absolute atomic E-state index is 12.7. The van der Waals surface area contributed by atoms with E-state index in [4.69, 9.17) is 4.52 Å². The molecule has 1 amide bonds. The molecule has 9 nitrogen and oxygen atoms in total. The lowest BCUT2D eigenvalue weighted by molar-refractivity contribution is -0.386. The van der Waals surface area contributed by atoms with Crippen molar-refractivity contribution in [1.29, 1.82) is 0 Å². The van der Waals surface area contributed by atoms with Gasteiger partial charge in [-0.1, -0.05) is 5.16 Å². The average molecular weight is 423 g/mol. The molecule has 0 aliphatic carbocycles. The highest BCUT2D eigenvalue weighted by atomic mass is 19.4. The second kappa shape index (κ2) is 7.61. The molecule has 0 aliphatic heterocycles. The van der Waals surface area contributed by atoms with Gasteiger partial charge in [-0.3, -0.25) is 19.6 Å². The number of rotatable bonds is 5. The van der Waals surface area contributed by atoms with Crippen LogP contribution in [0.1, 0.15) is 38.8 Å². The van der Waals surface area contributed by atoms with Crippen molar-refractivity contribution in [2.45, 2.75) is 33.5 Å². The van der Waals surface area contributed by atoms with E-state index in [1.54, 1.807) is 6.92 Å². The second-order valence-corrected chi connectivity index (χ2v) is 6.53. The van der Waals surface area contributed by atoms with Crippen molar-refractivity contribution < 1.29 is 27.4 Å². The first-order valence-electron chi connectivity index (χ1n) is 8.61. The topological polar surface area (TPSA) is 116 Å². The first-order chi connectivity index (χ1) is 14.0. The number of aromatic nitrogens is 3. The molecule has 1 N–H and O–H groups in total. The molecule has 0 bridgehead atoms. The minimum absolute atomic E-state index is 0.00832. The number of hydrogen-bond donors (Lipinski definition) is 1. The molecule has 30 heavy (non-hydrogen) atoms. The maximum Gasteiger partial charge on any atom is 0.416 e. The third-order valence-corrected chi connectivity index (χ3v) is 4.50. The molecule has 0 atom stereocenters. The second-order valence-electron chi connectivity index (χ2n) is 6.53. The normalized spacial score (nSPS) is 11.5. The highest BCUT2D eigenvalue weighted by molar-refractivity contribution is 6.03. The summed E-state index contributed by atoms with van der Waals surface area (Å²) in [5, 5.41) is 21.5. The van der Waals surface area contributed by atoms with Gasteiger partial charge in [-0.2, -0.15) is 18.3 Å². The van der Waals surface area contributed by atoms with Gasteiger partial charge in [0.1, 0.15) is 17.1 Å². The molecule has 3 aromatic rings. The summed E-state index contributed by atoms with van der Waals surface area (Å²) in [5.74, 6) is -0.389. The predicted molar refractivity (Wildman–Crippen MR) is 98.1 cm³/mol. The molecule has 0 unspecified atom stereocenters. The molecule has 0 saturated heterocycles. The fourth-order valence-electron chi connectivity index (χ4n) is 2.94. The molecule has 2 heterocycles. The maximum atomic E-state index is 12.7. The number of nitrogens with zero attached hydrogens (tertiary/aromatic N) is 4. The number of hydrogen-bond acceptors (Lipinski definition) is 6. The first-order valence-corrected chi connectivity index (χ1v) is 8.61. The van der Waals surface area contributed by atoms with Gasteiger partial charge in [0.15, 0.2) is 5.69 Å². The van der Waals surface area contributed by atoms with Crippen molar-refractivity contribution in [2.24, 2.45) is 0 Å². The number of benzene rings is 1. The Hall–Kier alpha value is -3.70. The first kappa shape index (κ1) is 21.0. The molecule has 158 valence electrons. The summed E-state index contributed by atoms with van der Waals surface area (Å²) in [6.07, 6.45) is -4.48. The lowest BCUT2D eigenvalue weighted by Crippen LogP contribution is -2.16. The number of alkyl halides is 3. The van der Waals surface area contributed by atoms with E-state index in [1.807, 2.05) is 0 Å². The quantitative estimate of drug-likeness (QED) is 0.489. The Labute approximate surface area is 167 Å². The Morgan fingerprint density at radius 1 is 1.23 bits per heavy atom. The molecular weight excluding hydrogens is 407 g/mol. The Morgan fingerprint density at radius 2 is 1.87 bits per heavy atom. The fraction of sp³-hybridized carbons (Fsp3) is 0.278. The summed E-state index contributed by atoms with van der Waals surface area (Å²) in [4.78, 5) is 23.2. The van der Waals surface area contributed by atoms with Crippen LogP contribution in [0, 0.1) is 30.9 Å². The smallest absolute Gasteiger partial charge is 0.361 e. The van der Waals surface area contributed by atoms with Gasteiger partial charge in [0.2, 0.25) is 0 Å². The Morgan fingerprint density at radius 3 is 2.40 bits per heavy atom. The van der Waals surface area contributed by atoms with Gasteiger partial charge in [0, 0.05) is 11.3 Å². The van der Waals surface area contributed by atoms with Crippen LogP contribution in [0.5, 0.6) is 0 Å². The number of nitro groups is 1. The number of halogens is 3. The third-order valence-electron chi connectivity index (χ3n) is 4.50. The van der Waals surface area contributed by atoms with Gasteiger partial charge in [0.25, 0.3) is 5.91 Å². The summed E-state index contributed by atoms with van der Waals surface area (Å²) in [5.41, 5.74) is -0.0529. The molecule has 2 aromatic heterocycles. The van der Waals surface area contributed by atoms with Gasteiger partial charge >= 0.3 is 11.9 Å². The van der Waals surface area contributed by atoms with Crippen LogP contribution in [0.25, 0.3) is 0 Å². The van der Waals surface area contributed by atoms with Crippen molar-refractivity contribution in [3.8, 4) is 0 Å². The minimum atomic E-state index is -4.48.